The van der Waals surface area contributed by atoms with E-state index in [0.717, 1.165) is 12.1 Å². The van der Waals surface area contributed by atoms with E-state index in [4.69, 9.17) is 0 Å². The summed E-state index contributed by atoms with van der Waals surface area (Å²) >= 11 is 0. The standard InChI is InChI=1S/C24H24F2N2O3S/c1-4-28(5-2)24(29)20-7-6-8-23(16(20)3)27-32(30,31)19-12-9-17(10-13-19)21-14-11-18(25)15-22(21)26/h6-15,27H,4-5H2,1-3H3. The Morgan fingerprint density at radius 1 is 0.969 bits per heavy atom. The molecule has 0 aliphatic heterocycles. The highest BCUT2D eigenvalue weighted by atomic mass is 32.2. The van der Waals surface area contributed by atoms with Crippen LogP contribution in [-0.4, -0.2) is 32.3 Å². The van der Waals surface area contributed by atoms with Crippen LogP contribution in [0, 0.1) is 18.6 Å². The number of amides is 1. The first-order valence-electron chi connectivity index (χ1n) is 10.1. The number of hydrogen-bond donors (Lipinski definition) is 1. The minimum atomic E-state index is -3.95. The van der Waals surface area contributed by atoms with Gasteiger partial charge in [0.15, 0.2) is 0 Å². The Bertz CT molecular complexity index is 1240. The molecule has 168 valence electrons. The molecule has 0 aromatic heterocycles. The van der Waals surface area contributed by atoms with Gasteiger partial charge in [-0.2, -0.15) is 0 Å². The zero-order valence-electron chi connectivity index (χ0n) is 18.0. The van der Waals surface area contributed by atoms with E-state index >= 15 is 0 Å². The Labute approximate surface area is 186 Å². The van der Waals surface area contributed by atoms with Crippen LogP contribution in [-0.2, 0) is 10.0 Å². The van der Waals surface area contributed by atoms with Gasteiger partial charge in [-0.15, -0.1) is 0 Å². The van der Waals surface area contributed by atoms with Crippen molar-refractivity contribution in [2.24, 2.45) is 0 Å². The zero-order chi connectivity index (χ0) is 23.5. The molecule has 0 fully saturated rings. The van der Waals surface area contributed by atoms with E-state index in [1.807, 2.05) is 13.8 Å². The second kappa shape index (κ2) is 9.48. The number of rotatable bonds is 7. The average molecular weight is 459 g/mol. The number of carbonyl (C=O) groups is 1. The van der Waals surface area contributed by atoms with Crippen LogP contribution in [0.1, 0.15) is 29.8 Å². The fourth-order valence-electron chi connectivity index (χ4n) is 3.40. The third-order valence-corrected chi connectivity index (χ3v) is 6.65. The maximum atomic E-state index is 14.0. The van der Waals surface area contributed by atoms with Gasteiger partial charge in [-0.1, -0.05) is 18.2 Å². The fraction of sp³-hybridized carbons (Fsp3) is 0.208. The van der Waals surface area contributed by atoms with Crippen LogP contribution in [0.2, 0.25) is 0 Å². The molecule has 0 aliphatic carbocycles. The molecule has 5 nitrogen and oxygen atoms in total. The lowest BCUT2D eigenvalue weighted by molar-refractivity contribution is 0.0772. The van der Waals surface area contributed by atoms with Crippen molar-refractivity contribution in [2.45, 2.75) is 25.7 Å². The van der Waals surface area contributed by atoms with Gasteiger partial charge < -0.3 is 4.90 Å². The lowest BCUT2D eigenvalue weighted by Gasteiger charge is -2.21. The van der Waals surface area contributed by atoms with Crippen molar-refractivity contribution >= 4 is 21.6 Å². The number of hydrogen-bond acceptors (Lipinski definition) is 3. The largest absolute Gasteiger partial charge is 0.339 e. The predicted octanol–water partition coefficient (Wildman–Crippen LogP) is 5.22. The lowest BCUT2D eigenvalue weighted by atomic mass is 10.1. The average Bonchev–Trinajstić information content (AvgIpc) is 2.76. The molecule has 0 saturated carbocycles. The highest BCUT2D eigenvalue weighted by Gasteiger charge is 2.20. The van der Waals surface area contributed by atoms with Crippen molar-refractivity contribution in [2.75, 3.05) is 17.8 Å². The van der Waals surface area contributed by atoms with Crippen LogP contribution in [0.3, 0.4) is 0 Å². The molecule has 32 heavy (non-hydrogen) atoms. The van der Waals surface area contributed by atoms with Crippen LogP contribution in [0.15, 0.2) is 65.6 Å². The van der Waals surface area contributed by atoms with Crippen molar-refractivity contribution in [3.05, 3.63) is 83.4 Å². The lowest BCUT2D eigenvalue weighted by Crippen LogP contribution is -2.31. The van der Waals surface area contributed by atoms with Gasteiger partial charge in [0.1, 0.15) is 11.6 Å². The zero-order valence-corrected chi connectivity index (χ0v) is 18.8. The van der Waals surface area contributed by atoms with Crippen molar-refractivity contribution in [3.8, 4) is 11.1 Å². The Morgan fingerprint density at radius 3 is 2.22 bits per heavy atom. The van der Waals surface area contributed by atoms with Gasteiger partial charge in [-0.3, -0.25) is 9.52 Å². The van der Waals surface area contributed by atoms with E-state index in [1.54, 1.807) is 30.0 Å². The van der Waals surface area contributed by atoms with E-state index < -0.39 is 21.7 Å². The number of anilines is 1. The van der Waals surface area contributed by atoms with E-state index in [0.29, 0.717) is 35.5 Å². The summed E-state index contributed by atoms with van der Waals surface area (Å²) < 4.78 is 55.5. The third kappa shape index (κ3) is 4.80. The Hall–Kier alpha value is -3.26. The first-order valence-corrected chi connectivity index (χ1v) is 11.6. The number of nitrogens with zero attached hydrogens (tertiary/aromatic N) is 1. The summed E-state index contributed by atoms with van der Waals surface area (Å²) in [4.78, 5) is 14.4. The molecule has 0 atom stereocenters. The first-order chi connectivity index (χ1) is 15.2. The minimum absolute atomic E-state index is 0.0244. The van der Waals surface area contributed by atoms with Gasteiger partial charge in [-0.25, -0.2) is 17.2 Å². The van der Waals surface area contributed by atoms with Crippen molar-refractivity contribution in [1.29, 1.82) is 0 Å². The molecule has 1 amide bonds. The molecular formula is C24H24F2N2O3S. The SMILES string of the molecule is CCN(CC)C(=O)c1cccc(NS(=O)(=O)c2ccc(-c3ccc(F)cc3F)cc2)c1C. The Kier molecular flexibility index (Phi) is 6.93. The van der Waals surface area contributed by atoms with E-state index in [9.17, 15) is 22.0 Å². The number of carbonyl (C=O) groups excluding carboxylic acids is 1. The molecule has 0 spiro atoms. The Morgan fingerprint density at radius 2 is 1.62 bits per heavy atom. The van der Waals surface area contributed by atoms with Gasteiger partial charge in [-0.05, 0) is 68.3 Å². The highest BCUT2D eigenvalue weighted by molar-refractivity contribution is 7.92. The molecule has 0 radical (unpaired) electrons. The fourth-order valence-corrected chi connectivity index (χ4v) is 4.52. The van der Waals surface area contributed by atoms with Crippen LogP contribution < -0.4 is 4.72 Å². The van der Waals surface area contributed by atoms with Gasteiger partial charge in [0.2, 0.25) is 0 Å². The first kappa shape index (κ1) is 23.4. The molecule has 0 unspecified atom stereocenters. The summed E-state index contributed by atoms with van der Waals surface area (Å²) in [5.74, 6) is -1.59. The summed E-state index contributed by atoms with van der Waals surface area (Å²) in [5.41, 5.74) is 1.84. The van der Waals surface area contributed by atoms with Crippen LogP contribution in [0.4, 0.5) is 14.5 Å². The number of halogens is 2. The maximum absolute atomic E-state index is 14.0. The van der Waals surface area contributed by atoms with E-state index in [-0.39, 0.29) is 16.4 Å². The minimum Gasteiger partial charge on any atom is -0.339 e. The molecule has 1 N–H and O–H groups in total. The molecule has 0 aliphatic rings. The normalized spacial score (nSPS) is 11.3. The molecular weight excluding hydrogens is 434 g/mol. The monoisotopic (exact) mass is 458 g/mol. The molecule has 0 saturated heterocycles. The Balaban J connectivity index is 1.88. The van der Waals surface area contributed by atoms with Crippen molar-refractivity contribution < 1.29 is 22.0 Å². The van der Waals surface area contributed by atoms with E-state index in [1.165, 1.54) is 30.3 Å². The van der Waals surface area contributed by atoms with Crippen molar-refractivity contribution in [3.63, 3.8) is 0 Å². The maximum Gasteiger partial charge on any atom is 0.261 e. The second-order valence-electron chi connectivity index (χ2n) is 7.21. The summed E-state index contributed by atoms with van der Waals surface area (Å²) in [7, 11) is -3.95. The topological polar surface area (TPSA) is 66.5 Å². The summed E-state index contributed by atoms with van der Waals surface area (Å²) in [6, 6.07) is 13.7. The molecule has 3 aromatic carbocycles. The van der Waals surface area contributed by atoms with Gasteiger partial charge in [0.25, 0.3) is 15.9 Å². The summed E-state index contributed by atoms with van der Waals surface area (Å²) in [6.07, 6.45) is 0. The van der Waals surface area contributed by atoms with Crippen LogP contribution in [0.5, 0.6) is 0 Å². The second-order valence-corrected chi connectivity index (χ2v) is 8.89. The van der Waals surface area contributed by atoms with Gasteiger partial charge in [0, 0.05) is 30.3 Å². The number of nitrogens with one attached hydrogen (secondary N) is 1. The van der Waals surface area contributed by atoms with E-state index in [2.05, 4.69) is 4.72 Å². The highest BCUT2D eigenvalue weighted by Crippen LogP contribution is 2.27. The number of sulfonamides is 1. The smallest absolute Gasteiger partial charge is 0.261 e. The molecule has 0 bridgehead atoms. The van der Waals surface area contributed by atoms with Crippen LogP contribution >= 0.6 is 0 Å². The number of benzene rings is 3. The summed E-state index contributed by atoms with van der Waals surface area (Å²) in [6.45, 7) is 6.54. The quantitative estimate of drug-likeness (QED) is 0.528. The van der Waals surface area contributed by atoms with Gasteiger partial charge in [0.05, 0.1) is 10.6 Å². The van der Waals surface area contributed by atoms with Gasteiger partial charge >= 0.3 is 0 Å². The molecule has 3 rings (SSSR count). The third-order valence-electron chi connectivity index (χ3n) is 5.27. The molecule has 0 heterocycles. The van der Waals surface area contributed by atoms with Crippen molar-refractivity contribution in [1.82, 2.24) is 4.90 Å². The van der Waals surface area contributed by atoms with Crippen LogP contribution in [0.25, 0.3) is 11.1 Å². The molecule has 8 heteroatoms. The molecule has 3 aromatic rings. The predicted molar refractivity (Wildman–Crippen MR) is 121 cm³/mol. The summed E-state index contributed by atoms with van der Waals surface area (Å²) in [5, 5.41) is 0.